The number of carboxylic acid groups (broad SMARTS) is 1. The van der Waals surface area contributed by atoms with Crippen LogP contribution in [0, 0.1) is 11.7 Å². The van der Waals surface area contributed by atoms with Crippen molar-refractivity contribution in [2.75, 3.05) is 0 Å². The molecule has 0 saturated carbocycles. The zero-order valence-corrected chi connectivity index (χ0v) is 7.53. The molecule has 1 atom stereocenters. The Kier molecular flexibility index (Phi) is 2.96. The number of hydrogen-bond donors (Lipinski definition) is 1. The molecule has 0 bridgehead atoms. The third kappa shape index (κ3) is 2.16. The maximum absolute atomic E-state index is 12.7. The molecule has 0 aromatic heterocycles. The van der Waals surface area contributed by atoms with Gasteiger partial charge >= 0.3 is 5.97 Å². The molecule has 0 heterocycles. The molecule has 1 aromatic rings. The topological polar surface area (TPSA) is 54.4 Å². The van der Waals surface area contributed by atoms with E-state index in [0.29, 0.717) is 0 Å². The standard InChI is InChI=1S/C10H9FO3/c1-6(10(13)14)9(12)7-3-2-4-8(11)5-7/h2-6H,1H3,(H,13,14). The van der Waals surface area contributed by atoms with Crippen LogP contribution in [0.25, 0.3) is 0 Å². The highest BCUT2D eigenvalue weighted by Gasteiger charge is 2.21. The van der Waals surface area contributed by atoms with Gasteiger partial charge in [-0.3, -0.25) is 9.59 Å². The van der Waals surface area contributed by atoms with Crippen molar-refractivity contribution in [3.63, 3.8) is 0 Å². The second-order valence-corrected chi connectivity index (χ2v) is 2.93. The summed E-state index contributed by atoms with van der Waals surface area (Å²) in [6, 6.07) is 4.99. The van der Waals surface area contributed by atoms with Gasteiger partial charge in [-0.15, -0.1) is 0 Å². The third-order valence-corrected chi connectivity index (χ3v) is 1.87. The van der Waals surface area contributed by atoms with Crippen molar-refractivity contribution in [1.29, 1.82) is 0 Å². The number of rotatable bonds is 3. The van der Waals surface area contributed by atoms with E-state index in [0.717, 1.165) is 6.07 Å². The Balaban J connectivity index is 2.95. The van der Waals surface area contributed by atoms with Gasteiger partial charge in [0.15, 0.2) is 5.78 Å². The molecule has 1 unspecified atom stereocenters. The Hall–Kier alpha value is -1.71. The van der Waals surface area contributed by atoms with Gasteiger partial charge in [0, 0.05) is 5.56 Å². The number of ketones is 1. The zero-order valence-electron chi connectivity index (χ0n) is 7.53. The minimum absolute atomic E-state index is 0.0832. The molecule has 74 valence electrons. The monoisotopic (exact) mass is 196 g/mol. The Morgan fingerprint density at radius 3 is 2.57 bits per heavy atom. The lowest BCUT2D eigenvalue weighted by molar-refractivity contribution is -0.139. The van der Waals surface area contributed by atoms with Crippen molar-refractivity contribution in [2.24, 2.45) is 5.92 Å². The molecule has 0 aliphatic heterocycles. The lowest BCUT2D eigenvalue weighted by Crippen LogP contribution is -2.20. The average Bonchev–Trinajstić information content (AvgIpc) is 2.15. The van der Waals surface area contributed by atoms with E-state index in [1.807, 2.05) is 0 Å². The Bertz CT molecular complexity index is 373. The van der Waals surface area contributed by atoms with E-state index in [9.17, 15) is 14.0 Å². The van der Waals surface area contributed by atoms with Crippen molar-refractivity contribution >= 4 is 11.8 Å². The molecule has 0 aliphatic rings. The summed E-state index contributed by atoms with van der Waals surface area (Å²) < 4.78 is 12.7. The minimum atomic E-state index is -1.21. The maximum atomic E-state index is 12.7. The third-order valence-electron chi connectivity index (χ3n) is 1.87. The van der Waals surface area contributed by atoms with Crippen LogP contribution >= 0.6 is 0 Å². The number of halogens is 1. The largest absolute Gasteiger partial charge is 0.481 e. The first-order chi connectivity index (χ1) is 6.52. The average molecular weight is 196 g/mol. The van der Waals surface area contributed by atoms with Gasteiger partial charge in [0.1, 0.15) is 11.7 Å². The highest BCUT2D eigenvalue weighted by Crippen LogP contribution is 2.10. The first-order valence-electron chi connectivity index (χ1n) is 4.05. The predicted octanol–water partition coefficient (Wildman–Crippen LogP) is 1.73. The van der Waals surface area contributed by atoms with Crippen molar-refractivity contribution in [3.05, 3.63) is 35.6 Å². The minimum Gasteiger partial charge on any atom is -0.481 e. The Labute approximate surface area is 80.2 Å². The predicted molar refractivity (Wildman–Crippen MR) is 47.5 cm³/mol. The van der Waals surface area contributed by atoms with Crippen LogP contribution in [-0.2, 0) is 4.79 Å². The van der Waals surface area contributed by atoms with Crippen LogP contribution in [0.3, 0.4) is 0 Å². The van der Waals surface area contributed by atoms with E-state index in [2.05, 4.69) is 0 Å². The van der Waals surface area contributed by atoms with Crippen molar-refractivity contribution in [2.45, 2.75) is 6.92 Å². The molecule has 4 heteroatoms. The molecule has 1 rings (SSSR count). The van der Waals surface area contributed by atoms with Gasteiger partial charge in [-0.1, -0.05) is 12.1 Å². The van der Waals surface area contributed by atoms with Crippen LogP contribution in [0.5, 0.6) is 0 Å². The molecule has 1 aromatic carbocycles. The normalized spacial score (nSPS) is 12.1. The summed E-state index contributed by atoms with van der Waals surface area (Å²) in [7, 11) is 0. The summed E-state index contributed by atoms with van der Waals surface area (Å²) in [5.74, 6) is -3.48. The van der Waals surface area contributed by atoms with Gasteiger partial charge < -0.3 is 5.11 Å². The maximum Gasteiger partial charge on any atom is 0.314 e. The number of Topliss-reactive ketones (excluding diaryl/α,β-unsaturated/α-hetero) is 1. The number of benzene rings is 1. The summed E-state index contributed by atoms with van der Waals surface area (Å²) in [5, 5.41) is 8.57. The highest BCUT2D eigenvalue weighted by molar-refractivity contribution is 6.07. The van der Waals surface area contributed by atoms with Crippen LogP contribution < -0.4 is 0 Å². The van der Waals surface area contributed by atoms with Crippen LogP contribution in [0.1, 0.15) is 17.3 Å². The summed E-state index contributed by atoms with van der Waals surface area (Å²) in [6.45, 7) is 1.27. The van der Waals surface area contributed by atoms with Crippen molar-refractivity contribution < 1.29 is 19.1 Å². The van der Waals surface area contributed by atoms with E-state index in [-0.39, 0.29) is 5.56 Å². The van der Waals surface area contributed by atoms with Gasteiger partial charge in [0.25, 0.3) is 0 Å². The zero-order chi connectivity index (χ0) is 10.7. The smallest absolute Gasteiger partial charge is 0.314 e. The van der Waals surface area contributed by atoms with Gasteiger partial charge in [0.2, 0.25) is 0 Å². The molecular weight excluding hydrogens is 187 g/mol. The van der Waals surface area contributed by atoms with E-state index in [4.69, 9.17) is 5.11 Å². The lowest BCUT2D eigenvalue weighted by atomic mass is 10.00. The highest BCUT2D eigenvalue weighted by atomic mass is 19.1. The SMILES string of the molecule is CC(C(=O)O)C(=O)c1cccc(F)c1. The fraction of sp³-hybridized carbons (Fsp3) is 0.200. The summed E-state index contributed by atoms with van der Waals surface area (Å²) in [5.41, 5.74) is 0.0832. The van der Waals surface area contributed by atoms with Crippen LogP contribution in [0.4, 0.5) is 4.39 Å². The number of aliphatic carboxylic acids is 1. The van der Waals surface area contributed by atoms with Crippen molar-refractivity contribution in [3.8, 4) is 0 Å². The van der Waals surface area contributed by atoms with Crippen molar-refractivity contribution in [1.82, 2.24) is 0 Å². The number of carbonyl (C=O) groups excluding carboxylic acids is 1. The van der Waals surface area contributed by atoms with Gasteiger partial charge in [0.05, 0.1) is 0 Å². The second-order valence-electron chi connectivity index (χ2n) is 2.93. The van der Waals surface area contributed by atoms with Gasteiger partial charge in [-0.2, -0.15) is 0 Å². The molecule has 14 heavy (non-hydrogen) atoms. The van der Waals surface area contributed by atoms with Crippen LogP contribution in [0.15, 0.2) is 24.3 Å². The fourth-order valence-corrected chi connectivity index (χ4v) is 1.00. The summed E-state index contributed by atoms with van der Waals surface area (Å²) in [6.07, 6.45) is 0. The van der Waals surface area contributed by atoms with Gasteiger partial charge in [-0.05, 0) is 19.1 Å². The Morgan fingerprint density at radius 1 is 1.43 bits per heavy atom. The molecule has 0 spiro atoms. The molecule has 1 N–H and O–H groups in total. The number of carboxylic acids is 1. The molecular formula is C10H9FO3. The second kappa shape index (κ2) is 4.00. The summed E-state index contributed by atoms with van der Waals surface area (Å²) in [4.78, 5) is 21.9. The molecule has 3 nitrogen and oxygen atoms in total. The first-order valence-corrected chi connectivity index (χ1v) is 4.05. The quantitative estimate of drug-likeness (QED) is 0.591. The van der Waals surface area contributed by atoms with E-state index >= 15 is 0 Å². The summed E-state index contributed by atoms with van der Waals surface area (Å²) >= 11 is 0. The Morgan fingerprint density at radius 2 is 2.07 bits per heavy atom. The number of hydrogen-bond acceptors (Lipinski definition) is 2. The number of carbonyl (C=O) groups is 2. The molecule has 0 saturated heterocycles. The van der Waals surface area contributed by atoms with Crippen LogP contribution in [-0.4, -0.2) is 16.9 Å². The molecule has 0 fully saturated rings. The van der Waals surface area contributed by atoms with E-state index < -0.39 is 23.5 Å². The molecule has 0 radical (unpaired) electrons. The first kappa shape index (κ1) is 10.4. The lowest BCUT2D eigenvalue weighted by Gasteiger charge is -2.04. The molecule has 0 amide bonds. The van der Waals surface area contributed by atoms with E-state index in [1.54, 1.807) is 0 Å². The molecule has 0 aliphatic carbocycles. The van der Waals surface area contributed by atoms with Crippen LogP contribution in [0.2, 0.25) is 0 Å². The van der Waals surface area contributed by atoms with E-state index in [1.165, 1.54) is 25.1 Å². The van der Waals surface area contributed by atoms with Gasteiger partial charge in [-0.25, -0.2) is 4.39 Å². The fourth-order valence-electron chi connectivity index (χ4n) is 1.00.